The SMILES string of the molecule is COC=C(C(=O)O)c1ccccc1Oc1cccc(Oc2cccc(C#N)c2)c1. The molecule has 29 heavy (non-hydrogen) atoms. The predicted molar refractivity (Wildman–Crippen MR) is 107 cm³/mol. The number of benzene rings is 3. The van der Waals surface area contributed by atoms with Gasteiger partial charge in [0, 0.05) is 11.6 Å². The van der Waals surface area contributed by atoms with Crippen LogP contribution < -0.4 is 9.47 Å². The first kappa shape index (κ1) is 19.5. The second-order valence-electron chi connectivity index (χ2n) is 5.89. The molecule has 0 unspecified atom stereocenters. The summed E-state index contributed by atoms with van der Waals surface area (Å²) in [4.78, 5) is 11.6. The maximum atomic E-state index is 11.6. The molecule has 0 saturated carbocycles. The topological polar surface area (TPSA) is 88.8 Å². The molecule has 0 aliphatic carbocycles. The standard InChI is InChI=1S/C23H17NO5/c1-27-15-21(23(25)26)20-10-2-3-11-22(20)29-19-9-5-8-18(13-19)28-17-7-4-6-16(12-17)14-24/h2-13,15H,1H3,(H,25,26). The lowest BCUT2D eigenvalue weighted by Gasteiger charge is -2.13. The van der Waals surface area contributed by atoms with Gasteiger partial charge in [0.15, 0.2) is 0 Å². The summed E-state index contributed by atoms with van der Waals surface area (Å²) in [5.41, 5.74) is 0.855. The van der Waals surface area contributed by atoms with E-state index in [2.05, 4.69) is 6.07 Å². The van der Waals surface area contributed by atoms with Crippen molar-refractivity contribution in [3.8, 4) is 29.1 Å². The minimum absolute atomic E-state index is 0.0242. The van der Waals surface area contributed by atoms with E-state index in [-0.39, 0.29) is 5.57 Å². The van der Waals surface area contributed by atoms with Gasteiger partial charge in [-0.3, -0.25) is 0 Å². The molecule has 3 rings (SSSR count). The fourth-order valence-corrected chi connectivity index (χ4v) is 2.62. The highest BCUT2D eigenvalue weighted by Crippen LogP contribution is 2.33. The number of carboxylic acid groups (broad SMARTS) is 1. The van der Waals surface area contributed by atoms with Gasteiger partial charge in [0.25, 0.3) is 0 Å². The van der Waals surface area contributed by atoms with Crippen LogP contribution in [0.4, 0.5) is 0 Å². The van der Waals surface area contributed by atoms with Crippen molar-refractivity contribution in [2.24, 2.45) is 0 Å². The number of methoxy groups -OCH3 is 1. The van der Waals surface area contributed by atoms with Gasteiger partial charge in [-0.05, 0) is 36.4 Å². The number of ether oxygens (including phenoxy) is 3. The molecule has 1 N–H and O–H groups in total. The maximum Gasteiger partial charge on any atom is 0.339 e. The number of carbonyl (C=O) groups is 1. The Balaban J connectivity index is 1.87. The van der Waals surface area contributed by atoms with Gasteiger partial charge in [-0.1, -0.05) is 30.3 Å². The second kappa shape index (κ2) is 9.11. The number of nitrogens with zero attached hydrogens (tertiary/aromatic N) is 1. The summed E-state index contributed by atoms with van der Waals surface area (Å²) in [6.07, 6.45) is 1.16. The van der Waals surface area contributed by atoms with E-state index in [4.69, 9.17) is 19.5 Å². The molecule has 0 aliphatic rings. The molecule has 0 aromatic heterocycles. The van der Waals surface area contributed by atoms with Gasteiger partial charge in [0.2, 0.25) is 0 Å². The van der Waals surface area contributed by atoms with Crippen LogP contribution in [0.3, 0.4) is 0 Å². The van der Waals surface area contributed by atoms with Crippen molar-refractivity contribution >= 4 is 11.5 Å². The number of hydrogen-bond donors (Lipinski definition) is 1. The minimum atomic E-state index is -1.13. The summed E-state index contributed by atoms with van der Waals surface area (Å²) in [5, 5.41) is 18.5. The maximum absolute atomic E-state index is 11.6. The lowest BCUT2D eigenvalue weighted by Crippen LogP contribution is -2.02. The fourth-order valence-electron chi connectivity index (χ4n) is 2.62. The average molecular weight is 387 g/mol. The van der Waals surface area contributed by atoms with Crippen LogP contribution in [-0.2, 0) is 9.53 Å². The molecule has 144 valence electrons. The molecule has 3 aromatic rings. The van der Waals surface area contributed by atoms with E-state index in [0.717, 1.165) is 6.26 Å². The summed E-state index contributed by atoms with van der Waals surface area (Å²) in [6, 6.07) is 22.6. The first-order valence-electron chi connectivity index (χ1n) is 8.62. The van der Waals surface area contributed by atoms with Crippen molar-refractivity contribution in [2.75, 3.05) is 7.11 Å². The highest BCUT2D eigenvalue weighted by Gasteiger charge is 2.16. The first-order valence-corrected chi connectivity index (χ1v) is 8.62. The Kier molecular flexibility index (Phi) is 6.13. The molecule has 0 aliphatic heterocycles. The van der Waals surface area contributed by atoms with Gasteiger partial charge in [-0.25, -0.2) is 4.79 Å². The molecule has 0 heterocycles. The summed E-state index contributed by atoms with van der Waals surface area (Å²) in [6.45, 7) is 0. The van der Waals surface area contributed by atoms with E-state index < -0.39 is 5.97 Å². The lowest BCUT2D eigenvalue weighted by atomic mass is 10.1. The van der Waals surface area contributed by atoms with Crippen LogP contribution in [0.1, 0.15) is 11.1 Å². The Morgan fingerprint density at radius 1 is 0.931 bits per heavy atom. The Labute approximate surface area is 167 Å². The van der Waals surface area contributed by atoms with Crippen LogP contribution in [-0.4, -0.2) is 18.2 Å². The van der Waals surface area contributed by atoms with Crippen molar-refractivity contribution in [3.05, 3.63) is 90.2 Å². The molecule has 6 heteroatoms. The molecule has 0 amide bonds. The quantitative estimate of drug-likeness (QED) is 0.442. The third-order valence-corrected chi connectivity index (χ3v) is 3.88. The number of rotatable bonds is 7. The van der Waals surface area contributed by atoms with E-state index in [9.17, 15) is 9.90 Å². The number of aliphatic carboxylic acids is 1. The van der Waals surface area contributed by atoms with E-state index in [0.29, 0.717) is 34.1 Å². The minimum Gasteiger partial charge on any atom is -0.503 e. The monoisotopic (exact) mass is 387 g/mol. The summed E-state index contributed by atoms with van der Waals surface area (Å²) >= 11 is 0. The zero-order valence-electron chi connectivity index (χ0n) is 15.5. The third-order valence-electron chi connectivity index (χ3n) is 3.88. The van der Waals surface area contributed by atoms with Crippen LogP contribution in [0.15, 0.2) is 79.1 Å². The third kappa shape index (κ3) is 4.93. The number of nitriles is 1. The van der Waals surface area contributed by atoms with Crippen molar-refractivity contribution in [2.45, 2.75) is 0 Å². The van der Waals surface area contributed by atoms with Crippen molar-refractivity contribution in [3.63, 3.8) is 0 Å². The van der Waals surface area contributed by atoms with Crippen LogP contribution >= 0.6 is 0 Å². The van der Waals surface area contributed by atoms with E-state index in [1.54, 1.807) is 72.8 Å². The van der Waals surface area contributed by atoms with Crippen LogP contribution in [0.2, 0.25) is 0 Å². The molecule has 0 bridgehead atoms. The summed E-state index contributed by atoms with van der Waals surface area (Å²) in [7, 11) is 1.38. The van der Waals surface area contributed by atoms with Crippen LogP contribution in [0.25, 0.3) is 5.57 Å². The molecular weight excluding hydrogens is 370 g/mol. The Hall–Kier alpha value is -4.24. The van der Waals surface area contributed by atoms with Crippen LogP contribution in [0, 0.1) is 11.3 Å². The van der Waals surface area contributed by atoms with Crippen molar-refractivity contribution in [1.29, 1.82) is 5.26 Å². The summed E-state index contributed by atoms with van der Waals surface area (Å²) < 4.78 is 16.6. The molecule has 6 nitrogen and oxygen atoms in total. The van der Waals surface area contributed by atoms with E-state index >= 15 is 0 Å². The first-order chi connectivity index (χ1) is 14.1. The Morgan fingerprint density at radius 3 is 2.28 bits per heavy atom. The predicted octanol–water partition coefficient (Wildman–Crippen LogP) is 5.21. The zero-order valence-corrected chi connectivity index (χ0v) is 15.5. The molecule has 0 spiro atoms. The van der Waals surface area contributed by atoms with E-state index in [1.807, 2.05) is 0 Å². The Bertz CT molecular complexity index is 1100. The van der Waals surface area contributed by atoms with Gasteiger partial charge in [0.1, 0.15) is 28.6 Å². The van der Waals surface area contributed by atoms with Gasteiger partial charge in [0.05, 0.1) is 25.0 Å². The molecule has 3 aromatic carbocycles. The number of hydrogen-bond acceptors (Lipinski definition) is 5. The lowest BCUT2D eigenvalue weighted by molar-refractivity contribution is -0.130. The highest BCUT2D eigenvalue weighted by molar-refractivity contribution is 6.15. The molecule has 0 fully saturated rings. The average Bonchev–Trinajstić information content (AvgIpc) is 2.73. The van der Waals surface area contributed by atoms with Gasteiger partial charge in [-0.2, -0.15) is 5.26 Å². The molecule has 0 radical (unpaired) electrons. The highest BCUT2D eigenvalue weighted by atomic mass is 16.5. The van der Waals surface area contributed by atoms with Crippen molar-refractivity contribution in [1.82, 2.24) is 0 Å². The second-order valence-corrected chi connectivity index (χ2v) is 5.89. The molecule has 0 saturated heterocycles. The van der Waals surface area contributed by atoms with Gasteiger partial charge < -0.3 is 19.3 Å². The summed E-state index contributed by atoms with van der Waals surface area (Å²) in [5.74, 6) is 0.742. The molecular formula is C23H17NO5. The zero-order chi connectivity index (χ0) is 20.6. The largest absolute Gasteiger partial charge is 0.503 e. The molecule has 0 atom stereocenters. The van der Waals surface area contributed by atoms with E-state index in [1.165, 1.54) is 7.11 Å². The van der Waals surface area contributed by atoms with Gasteiger partial charge >= 0.3 is 5.97 Å². The van der Waals surface area contributed by atoms with Gasteiger partial charge in [-0.15, -0.1) is 0 Å². The normalized spacial score (nSPS) is 10.7. The Morgan fingerprint density at radius 2 is 1.59 bits per heavy atom. The number of para-hydroxylation sites is 1. The number of carboxylic acids is 1. The fraction of sp³-hybridized carbons (Fsp3) is 0.0435. The smallest absolute Gasteiger partial charge is 0.339 e. The van der Waals surface area contributed by atoms with Crippen molar-refractivity contribution < 1.29 is 24.1 Å². The van der Waals surface area contributed by atoms with Crippen LogP contribution in [0.5, 0.6) is 23.0 Å².